The fourth-order valence-corrected chi connectivity index (χ4v) is 3.97. The molecule has 162 valence electrons. The minimum absolute atomic E-state index is 0. The summed E-state index contributed by atoms with van der Waals surface area (Å²) in [7, 11) is 0. The lowest BCUT2D eigenvalue weighted by Crippen LogP contribution is -2.38. The summed E-state index contributed by atoms with van der Waals surface area (Å²) in [5.74, 6) is 1.85. The predicted octanol–water partition coefficient (Wildman–Crippen LogP) is 4.59. The molecule has 2 aliphatic heterocycles. The van der Waals surface area contributed by atoms with Gasteiger partial charge in [-0.15, -0.1) is 24.0 Å². The van der Waals surface area contributed by atoms with E-state index in [1.807, 2.05) is 36.4 Å². The zero-order valence-electron chi connectivity index (χ0n) is 16.7. The molecule has 0 atom stereocenters. The number of hydrogen-bond acceptors (Lipinski definition) is 4. The smallest absolute Gasteiger partial charge is 0.193 e. The van der Waals surface area contributed by atoms with Crippen LogP contribution in [0.4, 0.5) is 5.69 Å². The van der Waals surface area contributed by atoms with E-state index >= 15 is 0 Å². The molecule has 2 aromatic carbocycles. The van der Waals surface area contributed by atoms with Gasteiger partial charge < -0.3 is 25.3 Å². The molecule has 0 aliphatic carbocycles. The maximum absolute atomic E-state index is 6.24. The highest BCUT2D eigenvalue weighted by atomic mass is 127. The van der Waals surface area contributed by atoms with Crippen LogP contribution in [0, 0.1) is 0 Å². The molecule has 2 aromatic rings. The molecule has 0 amide bonds. The molecule has 1 saturated heterocycles. The van der Waals surface area contributed by atoms with Crippen molar-refractivity contribution < 1.29 is 14.2 Å². The molecule has 6 nitrogen and oxygen atoms in total. The lowest BCUT2D eigenvalue weighted by atomic mass is 9.74. The number of guanidine groups is 1. The van der Waals surface area contributed by atoms with Crippen molar-refractivity contribution in [3.8, 4) is 11.5 Å². The summed E-state index contributed by atoms with van der Waals surface area (Å²) in [5.41, 5.74) is 8.08. The number of nitrogens with two attached hydrogens (primary N) is 1. The van der Waals surface area contributed by atoms with Crippen molar-refractivity contribution >= 4 is 47.2 Å². The van der Waals surface area contributed by atoms with Crippen molar-refractivity contribution in [2.45, 2.75) is 24.7 Å². The fourth-order valence-electron chi connectivity index (χ4n) is 3.78. The van der Waals surface area contributed by atoms with Gasteiger partial charge in [0, 0.05) is 41.8 Å². The van der Waals surface area contributed by atoms with Crippen LogP contribution in [0.3, 0.4) is 0 Å². The van der Waals surface area contributed by atoms with Crippen molar-refractivity contribution in [1.29, 1.82) is 0 Å². The summed E-state index contributed by atoms with van der Waals surface area (Å²) >= 11 is 6.24. The van der Waals surface area contributed by atoms with Crippen LogP contribution in [-0.2, 0) is 10.2 Å². The molecule has 2 heterocycles. The van der Waals surface area contributed by atoms with E-state index in [9.17, 15) is 0 Å². The summed E-state index contributed by atoms with van der Waals surface area (Å²) < 4.78 is 17.0. The van der Waals surface area contributed by atoms with Crippen LogP contribution >= 0.6 is 35.6 Å². The Kier molecular flexibility index (Phi) is 8.07. The first-order chi connectivity index (χ1) is 14.1. The van der Waals surface area contributed by atoms with Gasteiger partial charge in [-0.05, 0) is 42.7 Å². The molecule has 0 spiro atoms. The molecule has 0 bridgehead atoms. The maximum Gasteiger partial charge on any atom is 0.193 e. The van der Waals surface area contributed by atoms with Gasteiger partial charge in [-0.2, -0.15) is 0 Å². The Bertz CT molecular complexity index is 888. The Morgan fingerprint density at radius 3 is 2.57 bits per heavy atom. The summed E-state index contributed by atoms with van der Waals surface area (Å²) in [4.78, 5) is 4.66. The Morgan fingerprint density at radius 2 is 1.80 bits per heavy atom. The maximum atomic E-state index is 6.24. The minimum atomic E-state index is -0.125. The largest absolute Gasteiger partial charge is 0.490 e. The van der Waals surface area contributed by atoms with E-state index in [2.05, 4.69) is 16.4 Å². The van der Waals surface area contributed by atoms with Crippen molar-refractivity contribution in [1.82, 2.24) is 0 Å². The molecule has 0 radical (unpaired) electrons. The molecule has 0 unspecified atom stereocenters. The normalized spacial score (nSPS) is 18.1. The van der Waals surface area contributed by atoms with Gasteiger partial charge in [0.25, 0.3) is 0 Å². The zero-order valence-corrected chi connectivity index (χ0v) is 19.8. The minimum Gasteiger partial charge on any atom is -0.490 e. The second-order valence-corrected chi connectivity index (χ2v) is 7.88. The van der Waals surface area contributed by atoms with Gasteiger partial charge in [-0.3, -0.25) is 4.99 Å². The number of anilines is 1. The standard InChI is InChI=1S/C22H26ClN3O3.HI/c23-17-4-1-3-16(13-17)22(7-11-27-12-8-22)15-25-21(24)26-18-5-6-19-20(14-18)29-10-2-9-28-19;/h1,3-6,13-14H,2,7-12,15H2,(H3,24,25,26);1H. The number of ether oxygens (including phenoxy) is 3. The molecular weight excluding hydrogens is 517 g/mol. The number of aliphatic imine (C=N–C) groups is 1. The van der Waals surface area contributed by atoms with Crippen molar-refractivity contribution in [2.24, 2.45) is 10.7 Å². The van der Waals surface area contributed by atoms with E-state index in [0.717, 1.165) is 41.5 Å². The molecule has 2 aliphatic rings. The van der Waals surface area contributed by atoms with Gasteiger partial charge in [-0.1, -0.05) is 23.7 Å². The third-order valence-electron chi connectivity index (χ3n) is 5.46. The molecule has 3 N–H and O–H groups in total. The van der Waals surface area contributed by atoms with E-state index in [1.54, 1.807) is 0 Å². The third-order valence-corrected chi connectivity index (χ3v) is 5.69. The van der Waals surface area contributed by atoms with Gasteiger partial charge in [0.15, 0.2) is 17.5 Å². The highest BCUT2D eigenvalue weighted by Gasteiger charge is 2.34. The monoisotopic (exact) mass is 543 g/mol. The Balaban J connectivity index is 0.00000256. The van der Waals surface area contributed by atoms with Gasteiger partial charge in [0.2, 0.25) is 0 Å². The topological polar surface area (TPSA) is 78.1 Å². The lowest BCUT2D eigenvalue weighted by Gasteiger charge is -2.36. The second-order valence-electron chi connectivity index (χ2n) is 7.44. The van der Waals surface area contributed by atoms with Crippen LogP contribution in [0.2, 0.25) is 5.02 Å². The van der Waals surface area contributed by atoms with Crippen LogP contribution < -0.4 is 20.5 Å². The van der Waals surface area contributed by atoms with Crippen LogP contribution in [0.1, 0.15) is 24.8 Å². The highest BCUT2D eigenvalue weighted by Crippen LogP contribution is 2.36. The van der Waals surface area contributed by atoms with Gasteiger partial charge in [-0.25, -0.2) is 0 Å². The first kappa shape index (κ1) is 23.0. The first-order valence-electron chi connectivity index (χ1n) is 9.95. The number of benzene rings is 2. The number of nitrogens with zero attached hydrogens (tertiary/aromatic N) is 1. The number of halogens is 2. The quantitative estimate of drug-likeness (QED) is 0.335. The van der Waals surface area contributed by atoms with Gasteiger partial charge >= 0.3 is 0 Å². The van der Waals surface area contributed by atoms with Gasteiger partial charge in [0.05, 0.1) is 19.8 Å². The Hall–Kier alpha value is -1.71. The Labute approximate surface area is 199 Å². The van der Waals surface area contributed by atoms with Crippen LogP contribution in [0.15, 0.2) is 47.5 Å². The van der Waals surface area contributed by atoms with Crippen molar-refractivity contribution in [3.05, 3.63) is 53.1 Å². The van der Waals surface area contributed by atoms with Crippen molar-refractivity contribution in [3.63, 3.8) is 0 Å². The third kappa shape index (κ3) is 5.50. The van der Waals surface area contributed by atoms with E-state index < -0.39 is 0 Å². The molecule has 0 aromatic heterocycles. The summed E-state index contributed by atoms with van der Waals surface area (Å²) in [6, 6.07) is 13.7. The number of rotatable bonds is 4. The second kappa shape index (κ2) is 10.5. The first-order valence-corrected chi connectivity index (χ1v) is 10.3. The molecule has 8 heteroatoms. The zero-order chi connectivity index (χ0) is 20.1. The number of hydrogen-bond donors (Lipinski definition) is 2. The molecular formula is C22H27ClIN3O3. The van der Waals surface area contributed by atoms with Crippen molar-refractivity contribution in [2.75, 3.05) is 38.3 Å². The molecule has 0 saturated carbocycles. The van der Waals surface area contributed by atoms with E-state index in [0.29, 0.717) is 38.9 Å². The summed E-state index contributed by atoms with van der Waals surface area (Å²) in [5, 5.41) is 3.90. The van der Waals surface area contributed by atoms with E-state index in [-0.39, 0.29) is 29.4 Å². The van der Waals surface area contributed by atoms with E-state index in [4.69, 9.17) is 31.5 Å². The SMILES string of the molecule is I.NC(=NCC1(c2cccc(Cl)c2)CCOCC1)Nc1ccc2c(c1)OCCCO2. The molecule has 1 fully saturated rings. The number of fused-ring (bicyclic) bond motifs is 1. The van der Waals surface area contributed by atoms with E-state index in [1.165, 1.54) is 5.56 Å². The summed E-state index contributed by atoms with van der Waals surface area (Å²) in [6.45, 7) is 3.29. The fraction of sp³-hybridized carbons (Fsp3) is 0.409. The summed E-state index contributed by atoms with van der Waals surface area (Å²) in [6.07, 6.45) is 2.64. The van der Waals surface area contributed by atoms with Crippen LogP contribution in [-0.4, -0.2) is 38.9 Å². The highest BCUT2D eigenvalue weighted by molar-refractivity contribution is 14.0. The average Bonchev–Trinajstić information content (AvgIpc) is 2.98. The van der Waals surface area contributed by atoms with Crippen LogP contribution in [0.25, 0.3) is 0 Å². The average molecular weight is 544 g/mol. The predicted molar refractivity (Wildman–Crippen MR) is 131 cm³/mol. The van der Waals surface area contributed by atoms with Crippen LogP contribution in [0.5, 0.6) is 11.5 Å². The Morgan fingerprint density at radius 1 is 1.03 bits per heavy atom. The van der Waals surface area contributed by atoms with Gasteiger partial charge in [0.1, 0.15) is 0 Å². The molecule has 30 heavy (non-hydrogen) atoms. The number of nitrogens with one attached hydrogen (secondary N) is 1. The molecule has 4 rings (SSSR count). The lowest BCUT2D eigenvalue weighted by molar-refractivity contribution is 0.0531.